The topological polar surface area (TPSA) is 50.4 Å². The van der Waals surface area contributed by atoms with Crippen molar-refractivity contribution in [3.63, 3.8) is 0 Å². The van der Waals surface area contributed by atoms with E-state index in [4.69, 9.17) is 4.74 Å². The fourth-order valence-electron chi connectivity index (χ4n) is 2.08. The predicted molar refractivity (Wildman–Crippen MR) is 87.2 cm³/mol. The first kappa shape index (κ1) is 16.0. The van der Waals surface area contributed by atoms with Crippen LogP contribution in [0.4, 0.5) is 4.79 Å². The average molecular weight is 298 g/mol. The molecule has 2 N–H and O–H groups in total. The van der Waals surface area contributed by atoms with E-state index in [0.29, 0.717) is 0 Å². The smallest absolute Gasteiger partial charge is 0.422 e. The van der Waals surface area contributed by atoms with E-state index in [9.17, 15) is 4.79 Å². The van der Waals surface area contributed by atoms with Crippen LogP contribution in [0.15, 0.2) is 60.7 Å². The van der Waals surface area contributed by atoms with Gasteiger partial charge in [0.2, 0.25) is 0 Å². The second-order valence-corrected chi connectivity index (χ2v) is 6.03. The number of hydrogen-bond donors (Lipinski definition) is 2. The molecule has 2 rings (SSSR count). The molecule has 0 heterocycles. The molecule has 0 fully saturated rings. The second-order valence-electron chi connectivity index (χ2n) is 6.03. The molecule has 1 amide bonds. The Morgan fingerprint density at radius 2 is 1.36 bits per heavy atom. The summed E-state index contributed by atoms with van der Waals surface area (Å²) in [6.45, 7) is 5.50. The van der Waals surface area contributed by atoms with Gasteiger partial charge in [0, 0.05) is 0 Å². The SMILES string of the molecule is CC(C)(C)OC(=O)NNC(c1ccccc1)c1ccccc1. The summed E-state index contributed by atoms with van der Waals surface area (Å²) in [6, 6.07) is 19.7. The van der Waals surface area contributed by atoms with Crippen molar-refractivity contribution in [3.8, 4) is 0 Å². The van der Waals surface area contributed by atoms with E-state index in [0.717, 1.165) is 11.1 Å². The summed E-state index contributed by atoms with van der Waals surface area (Å²) in [5, 5.41) is 0. The third-order valence-electron chi connectivity index (χ3n) is 2.98. The van der Waals surface area contributed by atoms with Crippen molar-refractivity contribution in [2.45, 2.75) is 32.4 Å². The zero-order valence-corrected chi connectivity index (χ0v) is 13.2. The molecule has 22 heavy (non-hydrogen) atoms. The molecular weight excluding hydrogens is 276 g/mol. The van der Waals surface area contributed by atoms with Gasteiger partial charge in [-0.15, -0.1) is 0 Å². The van der Waals surface area contributed by atoms with E-state index in [1.54, 1.807) is 0 Å². The third kappa shape index (κ3) is 4.90. The van der Waals surface area contributed by atoms with Gasteiger partial charge in [-0.2, -0.15) is 0 Å². The van der Waals surface area contributed by atoms with Crippen molar-refractivity contribution < 1.29 is 9.53 Å². The predicted octanol–water partition coefficient (Wildman–Crippen LogP) is 3.81. The molecule has 0 bridgehead atoms. The fraction of sp³-hybridized carbons (Fsp3) is 0.278. The van der Waals surface area contributed by atoms with Gasteiger partial charge in [-0.05, 0) is 31.9 Å². The van der Waals surface area contributed by atoms with Crippen LogP contribution < -0.4 is 10.9 Å². The van der Waals surface area contributed by atoms with Crippen LogP contribution in [0.1, 0.15) is 37.9 Å². The van der Waals surface area contributed by atoms with Crippen LogP contribution in [0.5, 0.6) is 0 Å². The molecule has 116 valence electrons. The second kappa shape index (κ2) is 7.09. The highest BCUT2D eigenvalue weighted by atomic mass is 16.6. The minimum absolute atomic E-state index is 0.144. The highest BCUT2D eigenvalue weighted by molar-refractivity contribution is 5.67. The Balaban J connectivity index is 2.11. The van der Waals surface area contributed by atoms with Gasteiger partial charge in [-0.1, -0.05) is 60.7 Å². The summed E-state index contributed by atoms with van der Waals surface area (Å²) in [5.74, 6) is 0. The standard InChI is InChI=1S/C18H22N2O2/c1-18(2,3)22-17(21)20-19-16(14-10-6-4-7-11-14)15-12-8-5-9-13-15/h4-13,16,19H,1-3H3,(H,20,21). The maximum atomic E-state index is 11.8. The molecule has 0 aromatic heterocycles. The maximum absolute atomic E-state index is 11.8. The Morgan fingerprint density at radius 1 is 0.909 bits per heavy atom. The summed E-state index contributed by atoms with van der Waals surface area (Å²) in [7, 11) is 0. The number of hydrogen-bond acceptors (Lipinski definition) is 3. The lowest BCUT2D eigenvalue weighted by Crippen LogP contribution is -2.43. The highest BCUT2D eigenvalue weighted by Gasteiger charge is 2.18. The van der Waals surface area contributed by atoms with E-state index in [-0.39, 0.29) is 6.04 Å². The van der Waals surface area contributed by atoms with Gasteiger partial charge in [0.25, 0.3) is 0 Å². The lowest BCUT2D eigenvalue weighted by Gasteiger charge is -2.23. The molecule has 4 heteroatoms. The summed E-state index contributed by atoms with van der Waals surface area (Å²) < 4.78 is 5.25. The highest BCUT2D eigenvalue weighted by Crippen LogP contribution is 2.21. The monoisotopic (exact) mass is 298 g/mol. The number of benzene rings is 2. The number of carbonyl (C=O) groups is 1. The zero-order chi connectivity index (χ0) is 16.0. The van der Waals surface area contributed by atoms with Crippen molar-refractivity contribution in [2.24, 2.45) is 0 Å². The van der Waals surface area contributed by atoms with Crippen molar-refractivity contribution in [2.75, 3.05) is 0 Å². The normalized spacial score (nSPS) is 11.3. The Kier molecular flexibility index (Phi) is 5.17. The quantitative estimate of drug-likeness (QED) is 0.844. The van der Waals surface area contributed by atoms with E-state index in [1.165, 1.54) is 0 Å². The third-order valence-corrected chi connectivity index (χ3v) is 2.98. The minimum atomic E-state index is -0.527. The summed E-state index contributed by atoms with van der Waals surface area (Å²) in [4.78, 5) is 11.8. The Morgan fingerprint density at radius 3 is 1.77 bits per heavy atom. The van der Waals surface area contributed by atoms with Crippen molar-refractivity contribution >= 4 is 6.09 Å². The first-order chi connectivity index (χ1) is 10.5. The van der Waals surface area contributed by atoms with Crippen LogP contribution in [-0.4, -0.2) is 11.7 Å². The van der Waals surface area contributed by atoms with Gasteiger partial charge < -0.3 is 4.74 Å². The molecule has 0 spiro atoms. The molecule has 0 aliphatic carbocycles. The van der Waals surface area contributed by atoms with E-state index >= 15 is 0 Å². The molecule has 0 unspecified atom stereocenters. The molecule has 0 aliphatic rings. The van der Waals surface area contributed by atoms with Crippen LogP contribution in [-0.2, 0) is 4.74 Å². The molecule has 4 nitrogen and oxygen atoms in total. The van der Waals surface area contributed by atoms with Crippen molar-refractivity contribution in [3.05, 3.63) is 71.8 Å². The first-order valence-corrected chi connectivity index (χ1v) is 7.30. The van der Waals surface area contributed by atoms with E-state index in [2.05, 4.69) is 10.9 Å². The Labute approximate surface area is 131 Å². The molecular formula is C18H22N2O2. The number of rotatable bonds is 4. The van der Waals surface area contributed by atoms with Crippen molar-refractivity contribution in [1.82, 2.24) is 10.9 Å². The summed E-state index contributed by atoms with van der Waals surface area (Å²) in [6.07, 6.45) is -0.496. The zero-order valence-electron chi connectivity index (χ0n) is 13.2. The van der Waals surface area contributed by atoms with Gasteiger partial charge in [-0.25, -0.2) is 10.2 Å². The number of nitrogens with one attached hydrogen (secondary N) is 2. The molecule has 0 atom stereocenters. The van der Waals surface area contributed by atoms with Crippen LogP contribution in [0.25, 0.3) is 0 Å². The van der Waals surface area contributed by atoms with Crippen LogP contribution >= 0.6 is 0 Å². The fourth-order valence-corrected chi connectivity index (χ4v) is 2.08. The average Bonchev–Trinajstić information content (AvgIpc) is 2.48. The van der Waals surface area contributed by atoms with Crippen molar-refractivity contribution in [1.29, 1.82) is 0 Å². The van der Waals surface area contributed by atoms with E-state index < -0.39 is 11.7 Å². The molecule has 0 saturated heterocycles. The van der Waals surface area contributed by atoms with Gasteiger partial charge in [0.15, 0.2) is 0 Å². The number of carbonyl (C=O) groups excluding carboxylic acids is 1. The lowest BCUT2D eigenvalue weighted by atomic mass is 9.99. The molecule has 0 radical (unpaired) electrons. The van der Waals surface area contributed by atoms with Gasteiger partial charge in [0.1, 0.15) is 5.60 Å². The number of amides is 1. The first-order valence-electron chi connectivity index (χ1n) is 7.30. The molecule has 2 aromatic rings. The minimum Gasteiger partial charge on any atom is -0.443 e. The largest absolute Gasteiger partial charge is 0.443 e. The maximum Gasteiger partial charge on any atom is 0.422 e. The Bertz CT molecular complexity index is 552. The van der Waals surface area contributed by atoms with Crippen LogP contribution in [0, 0.1) is 0 Å². The van der Waals surface area contributed by atoms with Crippen LogP contribution in [0.2, 0.25) is 0 Å². The summed E-state index contributed by atoms with van der Waals surface area (Å²) >= 11 is 0. The molecule has 0 saturated carbocycles. The number of ether oxygens (including phenoxy) is 1. The van der Waals surface area contributed by atoms with E-state index in [1.807, 2.05) is 81.4 Å². The number of hydrazine groups is 1. The van der Waals surface area contributed by atoms with Crippen LogP contribution in [0.3, 0.4) is 0 Å². The van der Waals surface area contributed by atoms with Gasteiger partial charge >= 0.3 is 6.09 Å². The summed E-state index contributed by atoms with van der Waals surface area (Å²) in [5.41, 5.74) is 7.27. The van der Waals surface area contributed by atoms with Gasteiger partial charge in [-0.3, -0.25) is 5.43 Å². The van der Waals surface area contributed by atoms with Gasteiger partial charge in [0.05, 0.1) is 6.04 Å². The molecule has 0 aliphatic heterocycles. The lowest BCUT2D eigenvalue weighted by molar-refractivity contribution is 0.0492. The molecule has 2 aromatic carbocycles. The Hall–Kier alpha value is -2.33.